The molecule has 12 rings (SSSR count). The molecular weight excluding hydrogens is 860 g/mol. The van der Waals surface area contributed by atoms with Crippen LogP contribution >= 0.6 is 0 Å². The molecule has 0 radical (unpaired) electrons. The summed E-state index contributed by atoms with van der Waals surface area (Å²) in [4.78, 5) is 11.7. The molecule has 0 spiro atoms. The molecule has 5 aliphatic rings. The fourth-order valence-electron chi connectivity index (χ4n) is 10.4. The Hall–Kier alpha value is -8.17. The van der Waals surface area contributed by atoms with Gasteiger partial charge in [-0.25, -0.2) is 8.78 Å². The molecule has 3 aromatic heterocycles. The summed E-state index contributed by atoms with van der Waals surface area (Å²) in [5, 5.41) is 7.57. The number of benzene rings is 4. The summed E-state index contributed by atoms with van der Waals surface area (Å²) in [6.07, 6.45) is 30.5. The Morgan fingerprint density at radius 3 is 1.91 bits per heavy atom. The van der Waals surface area contributed by atoms with Gasteiger partial charge in [-0.05, 0) is 107 Å². The molecule has 4 aromatic carbocycles. The maximum absolute atomic E-state index is 16.0. The van der Waals surface area contributed by atoms with Gasteiger partial charge in [0.25, 0.3) is 0 Å². The van der Waals surface area contributed by atoms with Gasteiger partial charge < -0.3 is 9.47 Å². The van der Waals surface area contributed by atoms with Crippen LogP contribution in [0.15, 0.2) is 188 Å². The number of alkyl halides is 3. The van der Waals surface area contributed by atoms with Crippen LogP contribution in [0.3, 0.4) is 0 Å². The normalized spacial score (nSPS) is 19.4. The van der Waals surface area contributed by atoms with Gasteiger partial charge in [0.15, 0.2) is 0 Å². The van der Waals surface area contributed by atoms with Crippen molar-refractivity contribution >= 4 is 45.1 Å². The van der Waals surface area contributed by atoms with Crippen LogP contribution < -0.4 is 26.2 Å². The smallest absolute Gasteiger partial charge is 0.328 e. The van der Waals surface area contributed by atoms with E-state index in [4.69, 9.17) is 9.97 Å². The van der Waals surface area contributed by atoms with Gasteiger partial charge in [0.05, 0.1) is 55.8 Å². The average molecular weight is 899 g/mol. The maximum Gasteiger partial charge on any atom is 0.417 e. The van der Waals surface area contributed by atoms with Gasteiger partial charge in [-0.3, -0.25) is 9.97 Å². The van der Waals surface area contributed by atoms with E-state index in [-0.39, 0.29) is 5.69 Å². The Bertz CT molecular complexity index is 4010. The highest BCUT2D eigenvalue weighted by atomic mass is 19.4. The van der Waals surface area contributed by atoms with Crippen molar-refractivity contribution in [3.63, 3.8) is 0 Å². The lowest BCUT2D eigenvalue weighted by Gasteiger charge is -2.32. The molecule has 68 heavy (non-hydrogen) atoms. The number of pyridine rings is 2. The third-order valence-corrected chi connectivity index (χ3v) is 13.4. The molecule has 1 atom stereocenters. The second-order valence-electron chi connectivity index (χ2n) is 17.3. The molecule has 1 unspecified atom stereocenters. The van der Waals surface area contributed by atoms with Crippen molar-refractivity contribution in [3.05, 3.63) is 253 Å². The summed E-state index contributed by atoms with van der Waals surface area (Å²) >= 11 is 0. The van der Waals surface area contributed by atoms with Crippen molar-refractivity contribution in [1.82, 2.24) is 14.5 Å². The number of halogens is 5. The zero-order valence-corrected chi connectivity index (χ0v) is 36.4. The highest BCUT2D eigenvalue weighted by molar-refractivity contribution is 5.94. The van der Waals surface area contributed by atoms with Gasteiger partial charge in [-0.1, -0.05) is 128 Å². The van der Waals surface area contributed by atoms with Crippen molar-refractivity contribution in [2.45, 2.75) is 31.5 Å². The van der Waals surface area contributed by atoms with Crippen LogP contribution in [0.1, 0.15) is 24.0 Å². The van der Waals surface area contributed by atoms with E-state index in [2.05, 4.69) is 36.4 Å². The Kier molecular flexibility index (Phi) is 9.90. The first-order valence-corrected chi connectivity index (χ1v) is 22.5. The van der Waals surface area contributed by atoms with Crippen molar-refractivity contribution in [2.75, 3.05) is 4.90 Å². The van der Waals surface area contributed by atoms with E-state index in [1.807, 2.05) is 125 Å². The SMILES string of the molecule is Fc1cccc(F)c1-c1cc(N2c3cc(=c4cccnc4=C4C=CC=CC4)ccc3=C3C=CC=CC32)c(-n2c3c(c4ccc(=c5cccnc5=C5C=CC=CC5)cc42)CC=CC=3)cc1C(F)(F)F. The Labute approximate surface area is 386 Å². The monoisotopic (exact) mass is 898 g/mol. The Balaban J connectivity index is 1.24. The number of aromatic nitrogens is 3. The number of nitrogens with zero attached hydrogens (tertiary/aromatic N) is 4. The molecule has 0 N–H and O–H groups in total. The summed E-state index contributed by atoms with van der Waals surface area (Å²) in [5.41, 5.74) is 3.39. The summed E-state index contributed by atoms with van der Waals surface area (Å²) in [6, 6.07) is 25.2. The minimum atomic E-state index is -5.02. The van der Waals surface area contributed by atoms with Gasteiger partial charge in [0.2, 0.25) is 0 Å². The van der Waals surface area contributed by atoms with Crippen LogP contribution in [0.2, 0.25) is 0 Å². The highest BCUT2D eigenvalue weighted by Gasteiger charge is 2.39. The molecule has 330 valence electrons. The first-order valence-electron chi connectivity index (χ1n) is 22.5. The summed E-state index contributed by atoms with van der Waals surface area (Å²) < 4.78 is 81.6. The lowest BCUT2D eigenvalue weighted by Crippen LogP contribution is -2.30. The first-order chi connectivity index (χ1) is 33.2. The van der Waals surface area contributed by atoms with Crippen LogP contribution in [0.5, 0.6) is 0 Å². The van der Waals surface area contributed by atoms with Gasteiger partial charge >= 0.3 is 6.18 Å². The third kappa shape index (κ3) is 6.79. The van der Waals surface area contributed by atoms with Crippen molar-refractivity contribution < 1.29 is 22.0 Å². The van der Waals surface area contributed by atoms with E-state index in [1.165, 1.54) is 6.07 Å². The van der Waals surface area contributed by atoms with Crippen LogP contribution in [0.4, 0.5) is 33.3 Å². The summed E-state index contributed by atoms with van der Waals surface area (Å²) in [7, 11) is 0. The van der Waals surface area contributed by atoms with Gasteiger partial charge in [0.1, 0.15) is 11.6 Å². The number of anilines is 2. The quantitative estimate of drug-likeness (QED) is 0.166. The van der Waals surface area contributed by atoms with Gasteiger partial charge in [0, 0.05) is 39.0 Å². The van der Waals surface area contributed by atoms with E-state index in [1.54, 1.807) is 12.4 Å². The number of fused-ring (bicyclic) bond motifs is 5. The largest absolute Gasteiger partial charge is 0.417 e. The molecule has 0 bridgehead atoms. The molecule has 1 aliphatic heterocycles. The zero-order chi connectivity index (χ0) is 46.1. The van der Waals surface area contributed by atoms with E-state index < -0.39 is 40.5 Å². The molecule has 0 fully saturated rings. The third-order valence-electron chi connectivity index (χ3n) is 13.4. The van der Waals surface area contributed by atoms with E-state index >= 15 is 22.0 Å². The lowest BCUT2D eigenvalue weighted by atomic mass is 9.95. The maximum atomic E-state index is 16.0. The topological polar surface area (TPSA) is 34.0 Å². The first kappa shape index (κ1) is 41.3. The minimum absolute atomic E-state index is 0.200. The van der Waals surface area contributed by atoms with Crippen molar-refractivity contribution in [2.24, 2.45) is 0 Å². The van der Waals surface area contributed by atoms with Crippen LogP contribution in [-0.4, -0.2) is 20.6 Å². The minimum Gasteiger partial charge on any atom is -0.328 e. The molecule has 0 amide bonds. The van der Waals surface area contributed by atoms with Gasteiger partial charge in [-0.15, -0.1) is 0 Å². The number of allylic oxidation sites excluding steroid dienone is 12. The number of hydrogen-bond donors (Lipinski definition) is 0. The lowest BCUT2D eigenvalue weighted by molar-refractivity contribution is -0.137. The van der Waals surface area contributed by atoms with Crippen LogP contribution in [-0.2, 0) is 12.6 Å². The van der Waals surface area contributed by atoms with E-state index in [0.717, 1.165) is 94.4 Å². The molecule has 4 heterocycles. The zero-order valence-electron chi connectivity index (χ0n) is 36.4. The molecule has 0 saturated carbocycles. The number of rotatable bonds is 3. The van der Waals surface area contributed by atoms with Crippen LogP contribution in [0.25, 0.3) is 50.5 Å². The standard InChI is InChI=1S/C59H39F5N4/c60-48-22-11-23-49(61)56(48)46-34-54(67-50-24-9-7-18-42(50)44-28-26-38(32-52(44)67)40-20-12-30-65-57(40)36-14-3-1-4-15-36)55(35-47(46)59(62,63)64)68-51-25-10-8-19-43(51)45-29-27-39(33-53(45)68)41-21-13-31-66-58(41)37-16-5-2-6-17-37/h1-14,16,18,20-35,50H,15,17,19H2. The Morgan fingerprint density at radius 1 is 0.574 bits per heavy atom. The molecular formula is C59H39F5N4. The second kappa shape index (κ2) is 16.3. The predicted molar refractivity (Wildman–Crippen MR) is 260 cm³/mol. The fourth-order valence-corrected chi connectivity index (χ4v) is 10.4. The van der Waals surface area contributed by atoms with Gasteiger partial charge in [-0.2, -0.15) is 13.2 Å². The van der Waals surface area contributed by atoms with Crippen molar-refractivity contribution in [3.8, 4) is 16.8 Å². The highest BCUT2D eigenvalue weighted by Crippen LogP contribution is 2.47. The Morgan fingerprint density at radius 2 is 1.24 bits per heavy atom. The summed E-state index contributed by atoms with van der Waals surface area (Å²) in [6.45, 7) is 0. The van der Waals surface area contributed by atoms with Crippen LogP contribution in [0, 0.1) is 32.5 Å². The van der Waals surface area contributed by atoms with E-state index in [0.29, 0.717) is 35.8 Å². The van der Waals surface area contributed by atoms with Crippen molar-refractivity contribution in [1.29, 1.82) is 0 Å². The fraction of sp³-hybridized carbons (Fsp3) is 0.0847. The molecule has 7 aromatic rings. The molecule has 0 saturated heterocycles. The predicted octanol–water partition coefficient (Wildman–Crippen LogP) is 11.0. The van der Waals surface area contributed by atoms with E-state index in [9.17, 15) is 0 Å². The molecule has 4 nitrogen and oxygen atoms in total. The molecule has 4 aliphatic carbocycles. The average Bonchev–Trinajstić information content (AvgIpc) is 3.88. The number of hydrogen-bond acceptors (Lipinski definition) is 3. The second-order valence-corrected chi connectivity index (χ2v) is 17.3. The molecule has 9 heteroatoms. The summed E-state index contributed by atoms with van der Waals surface area (Å²) in [5.74, 6) is -2.20.